The molecule has 0 unspecified atom stereocenters. The Kier molecular flexibility index (Phi) is 7.37. The second-order valence-corrected chi connectivity index (χ2v) is 7.02. The highest BCUT2D eigenvalue weighted by molar-refractivity contribution is 5.91. The second kappa shape index (κ2) is 10.4. The average molecular weight is 413 g/mol. The number of piperidine rings is 1. The number of nitrogens with zero attached hydrogens (tertiary/aromatic N) is 1. The molecule has 1 aromatic heterocycles. The summed E-state index contributed by atoms with van der Waals surface area (Å²) in [6, 6.07) is 8.50. The molecule has 160 valence electrons. The lowest BCUT2D eigenvalue weighted by Crippen LogP contribution is -2.41. The van der Waals surface area contributed by atoms with Crippen LogP contribution in [0.4, 0.5) is 10.5 Å². The number of anilines is 1. The zero-order chi connectivity index (χ0) is 21.3. The number of ether oxygens (including phenoxy) is 2. The quantitative estimate of drug-likeness (QED) is 0.679. The van der Waals surface area contributed by atoms with Gasteiger partial charge in [0.25, 0.3) is 0 Å². The lowest BCUT2D eigenvalue weighted by Gasteiger charge is -2.31. The van der Waals surface area contributed by atoms with Crippen LogP contribution >= 0.6 is 0 Å². The Hall–Kier alpha value is -3.42. The molecule has 0 radical (unpaired) electrons. The number of urea groups is 1. The Morgan fingerprint density at radius 3 is 2.60 bits per heavy atom. The van der Waals surface area contributed by atoms with Gasteiger partial charge in [0.2, 0.25) is 5.91 Å². The van der Waals surface area contributed by atoms with Crippen molar-refractivity contribution in [3.8, 4) is 11.5 Å². The minimum Gasteiger partial charge on any atom is -0.493 e. The summed E-state index contributed by atoms with van der Waals surface area (Å²) in [5.74, 6) is 2.11. The number of benzene rings is 1. The maximum absolute atomic E-state index is 12.3. The van der Waals surface area contributed by atoms with E-state index >= 15 is 0 Å². The minimum absolute atomic E-state index is 0.0241. The first-order valence-corrected chi connectivity index (χ1v) is 9.86. The normalized spacial score (nSPS) is 14.5. The van der Waals surface area contributed by atoms with Crippen LogP contribution in [0, 0.1) is 5.92 Å². The molecule has 2 N–H and O–H groups in total. The van der Waals surface area contributed by atoms with Gasteiger partial charge in [-0.25, -0.2) is 4.79 Å². The summed E-state index contributed by atoms with van der Waals surface area (Å²) in [5, 5.41) is 5.70. The van der Waals surface area contributed by atoms with E-state index in [1.54, 1.807) is 56.9 Å². The number of hydrogen-bond donors (Lipinski definition) is 2. The molecule has 2 heterocycles. The fourth-order valence-corrected chi connectivity index (χ4v) is 3.33. The van der Waals surface area contributed by atoms with Crippen molar-refractivity contribution in [1.82, 2.24) is 10.2 Å². The van der Waals surface area contributed by atoms with E-state index in [1.165, 1.54) is 6.08 Å². The minimum atomic E-state index is -0.276. The lowest BCUT2D eigenvalue weighted by atomic mass is 9.97. The molecule has 1 saturated heterocycles. The molecule has 0 saturated carbocycles. The molecule has 30 heavy (non-hydrogen) atoms. The fourth-order valence-electron chi connectivity index (χ4n) is 3.33. The van der Waals surface area contributed by atoms with Crippen LogP contribution in [0.1, 0.15) is 18.6 Å². The lowest BCUT2D eigenvalue weighted by molar-refractivity contribution is -0.127. The molecule has 0 atom stereocenters. The highest BCUT2D eigenvalue weighted by Gasteiger charge is 2.22. The maximum Gasteiger partial charge on any atom is 0.319 e. The van der Waals surface area contributed by atoms with Crippen LogP contribution in [0.15, 0.2) is 47.1 Å². The van der Waals surface area contributed by atoms with Crippen molar-refractivity contribution in [3.63, 3.8) is 0 Å². The molecule has 2 aromatic rings. The third-order valence-electron chi connectivity index (χ3n) is 5.05. The van der Waals surface area contributed by atoms with Crippen LogP contribution in [-0.4, -0.2) is 50.7 Å². The van der Waals surface area contributed by atoms with E-state index in [4.69, 9.17) is 13.9 Å². The molecular weight excluding hydrogens is 386 g/mol. The molecule has 1 aromatic carbocycles. The first-order valence-electron chi connectivity index (χ1n) is 9.86. The van der Waals surface area contributed by atoms with Gasteiger partial charge in [0.1, 0.15) is 5.76 Å². The zero-order valence-electron chi connectivity index (χ0n) is 17.2. The smallest absolute Gasteiger partial charge is 0.319 e. The van der Waals surface area contributed by atoms with Gasteiger partial charge in [0.05, 0.1) is 20.5 Å². The van der Waals surface area contributed by atoms with Gasteiger partial charge < -0.3 is 29.4 Å². The Balaban J connectivity index is 1.40. The maximum atomic E-state index is 12.3. The monoisotopic (exact) mass is 413 g/mol. The predicted molar refractivity (Wildman–Crippen MR) is 114 cm³/mol. The van der Waals surface area contributed by atoms with Crippen LogP contribution in [0.5, 0.6) is 11.5 Å². The summed E-state index contributed by atoms with van der Waals surface area (Å²) >= 11 is 0. The molecule has 0 spiro atoms. The number of amides is 3. The predicted octanol–water partition coefficient (Wildman–Crippen LogP) is 3.37. The van der Waals surface area contributed by atoms with Crippen LogP contribution < -0.4 is 20.1 Å². The Bertz CT molecular complexity index is 871. The van der Waals surface area contributed by atoms with Crippen molar-refractivity contribution < 1.29 is 23.5 Å². The number of likely N-dealkylation sites (tertiary alicyclic amines) is 1. The van der Waals surface area contributed by atoms with Gasteiger partial charge in [-0.2, -0.15) is 0 Å². The van der Waals surface area contributed by atoms with E-state index in [0.717, 1.165) is 12.8 Å². The molecular formula is C22H27N3O5. The summed E-state index contributed by atoms with van der Waals surface area (Å²) in [6.45, 7) is 1.90. The highest BCUT2D eigenvalue weighted by atomic mass is 16.5. The number of rotatable bonds is 7. The topological polar surface area (TPSA) is 93.0 Å². The van der Waals surface area contributed by atoms with Gasteiger partial charge in [-0.15, -0.1) is 0 Å². The molecule has 0 aliphatic carbocycles. The number of carbonyl (C=O) groups is 2. The molecule has 1 aliphatic rings. The van der Waals surface area contributed by atoms with E-state index in [-0.39, 0.29) is 11.9 Å². The molecule has 1 fully saturated rings. The van der Waals surface area contributed by atoms with Gasteiger partial charge in [-0.1, -0.05) is 0 Å². The first-order chi connectivity index (χ1) is 14.6. The first kappa shape index (κ1) is 21.3. The SMILES string of the molecule is COc1ccc(NC(=O)NCC2CCN(C(=O)/C=C/c3ccco3)CC2)cc1OC. The third-order valence-corrected chi connectivity index (χ3v) is 5.05. The van der Waals surface area contributed by atoms with E-state index in [2.05, 4.69) is 10.6 Å². The van der Waals surface area contributed by atoms with Gasteiger partial charge >= 0.3 is 6.03 Å². The molecule has 3 amide bonds. The zero-order valence-corrected chi connectivity index (χ0v) is 17.2. The van der Waals surface area contributed by atoms with Crippen LogP contribution in [0.25, 0.3) is 6.08 Å². The van der Waals surface area contributed by atoms with Crippen LogP contribution in [0.2, 0.25) is 0 Å². The molecule has 8 heteroatoms. The van der Waals surface area contributed by atoms with Crippen molar-refractivity contribution in [2.24, 2.45) is 5.92 Å². The number of carbonyl (C=O) groups excluding carboxylic acids is 2. The average Bonchev–Trinajstić information content (AvgIpc) is 3.30. The molecule has 8 nitrogen and oxygen atoms in total. The largest absolute Gasteiger partial charge is 0.493 e. The molecule has 3 rings (SSSR count). The van der Waals surface area contributed by atoms with Gasteiger partial charge in [-0.05, 0) is 49.1 Å². The van der Waals surface area contributed by atoms with E-state index in [9.17, 15) is 9.59 Å². The molecule has 1 aliphatic heterocycles. The second-order valence-electron chi connectivity index (χ2n) is 7.02. The van der Waals surface area contributed by atoms with Crippen molar-refractivity contribution in [2.45, 2.75) is 12.8 Å². The van der Waals surface area contributed by atoms with E-state index in [0.29, 0.717) is 48.5 Å². The number of methoxy groups -OCH3 is 2. The highest BCUT2D eigenvalue weighted by Crippen LogP contribution is 2.29. The van der Waals surface area contributed by atoms with Crippen molar-refractivity contribution in [2.75, 3.05) is 39.2 Å². The Morgan fingerprint density at radius 1 is 1.17 bits per heavy atom. The summed E-state index contributed by atoms with van der Waals surface area (Å²) in [4.78, 5) is 26.3. The van der Waals surface area contributed by atoms with Gasteiger partial charge in [0.15, 0.2) is 11.5 Å². The number of furan rings is 1. The third kappa shape index (κ3) is 5.79. The van der Waals surface area contributed by atoms with Crippen LogP contribution in [0.3, 0.4) is 0 Å². The van der Waals surface area contributed by atoms with E-state index < -0.39 is 0 Å². The van der Waals surface area contributed by atoms with E-state index in [1.807, 2.05) is 4.90 Å². The van der Waals surface area contributed by atoms with Gasteiger partial charge in [0, 0.05) is 37.5 Å². The summed E-state index contributed by atoms with van der Waals surface area (Å²) in [7, 11) is 3.11. The number of hydrogen-bond acceptors (Lipinski definition) is 5. The summed E-state index contributed by atoms with van der Waals surface area (Å²) in [6.07, 6.45) is 6.47. The fraction of sp³-hybridized carbons (Fsp3) is 0.364. The summed E-state index contributed by atoms with van der Waals surface area (Å²) in [5.41, 5.74) is 0.619. The van der Waals surface area contributed by atoms with Crippen molar-refractivity contribution in [1.29, 1.82) is 0 Å². The number of nitrogens with one attached hydrogen (secondary N) is 2. The van der Waals surface area contributed by atoms with Crippen molar-refractivity contribution >= 4 is 23.7 Å². The summed E-state index contributed by atoms with van der Waals surface area (Å²) < 4.78 is 15.6. The Morgan fingerprint density at radius 2 is 1.93 bits per heavy atom. The van der Waals surface area contributed by atoms with Gasteiger partial charge in [-0.3, -0.25) is 4.79 Å². The molecule has 0 bridgehead atoms. The Labute approximate surface area is 175 Å². The van der Waals surface area contributed by atoms with Crippen LogP contribution in [-0.2, 0) is 4.79 Å². The standard InChI is InChI=1S/C22H27N3O5/c1-28-19-7-5-17(14-20(19)29-2)24-22(27)23-15-16-9-11-25(12-10-16)21(26)8-6-18-4-3-13-30-18/h3-8,13-14,16H,9-12,15H2,1-2H3,(H2,23,24,27)/b8-6+. The van der Waals surface area contributed by atoms with Crippen molar-refractivity contribution in [3.05, 3.63) is 48.4 Å².